The van der Waals surface area contributed by atoms with Gasteiger partial charge >= 0.3 is 0 Å². The predicted octanol–water partition coefficient (Wildman–Crippen LogP) is 4.97. The first-order chi connectivity index (χ1) is 8.81. The Morgan fingerprint density at radius 2 is 1.39 bits per heavy atom. The van der Waals surface area contributed by atoms with Crippen LogP contribution < -0.4 is 0 Å². The molecule has 2 rings (SSSR count). The minimum absolute atomic E-state index is 0.329. The minimum Gasteiger partial charge on any atom is -0.282 e. The summed E-state index contributed by atoms with van der Waals surface area (Å²) in [5.74, 6) is 0. The van der Waals surface area contributed by atoms with Crippen LogP contribution in [0.15, 0.2) is 12.3 Å². The summed E-state index contributed by atoms with van der Waals surface area (Å²) in [5.41, 5.74) is 1.68. The summed E-state index contributed by atoms with van der Waals surface area (Å²) in [6.45, 7) is 2.42. The number of nitrogens with one attached hydrogen (secondary N) is 1. The molecule has 1 aromatic rings. The maximum Gasteiger partial charge on any atom is 0.0490 e. The summed E-state index contributed by atoms with van der Waals surface area (Å²) in [4.78, 5) is 0. The Labute approximate surface area is 112 Å². The third kappa shape index (κ3) is 3.86. The molecular formula is C16H28N2. The van der Waals surface area contributed by atoms with Crippen molar-refractivity contribution in [3.05, 3.63) is 18.0 Å². The first kappa shape index (κ1) is 13.6. The number of aromatic amines is 1. The van der Waals surface area contributed by atoms with E-state index >= 15 is 0 Å². The number of nitrogens with zero attached hydrogens (tertiary/aromatic N) is 1. The highest BCUT2D eigenvalue weighted by Crippen LogP contribution is 2.34. The van der Waals surface area contributed by atoms with Gasteiger partial charge in [-0.15, -0.1) is 0 Å². The van der Waals surface area contributed by atoms with Gasteiger partial charge in [0, 0.05) is 17.3 Å². The zero-order valence-corrected chi connectivity index (χ0v) is 11.9. The lowest BCUT2D eigenvalue weighted by atomic mass is 9.77. The Morgan fingerprint density at radius 3 is 1.83 bits per heavy atom. The van der Waals surface area contributed by atoms with Crippen LogP contribution in [0.4, 0.5) is 0 Å². The highest BCUT2D eigenvalue weighted by molar-refractivity contribution is 5.13. The standard InChI is InChI=1S/C16H28N2/c1-16(15-11-14-17-18-15)12-9-7-5-3-2-4-6-8-10-13-16/h11,14H,2-10,12-13H2,1H3,(H,17,18). The molecule has 1 aliphatic carbocycles. The summed E-state index contributed by atoms with van der Waals surface area (Å²) in [7, 11) is 0. The molecule has 1 aromatic heterocycles. The molecule has 0 atom stereocenters. The molecule has 0 unspecified atom stereocenters. The van der Waals surface area contributed by atoms with E-state index in [2.05, 4.69) is 23.2 Å². The van der Waals surface area contributed by atoms with Gasteiger partial charge in [0.25, 0.3) is 0 Å². The second kappa shape index (κ2) is 6.96. The fraction of sp³-hybridized carbons (Fsp3) is 0.812. The SMILES string of the molecule is CC1(c2ccn[nH]2)CCCCCCCCCCC1. The molecule has 2 heteroatoms. The van der Waals surface area contributed by atoms with Crippen molar-refractivity contribution in [3.8, 4) is 0 Å². The van der Waals surface area contributed by atoms with Crippen molar-refractivity contribution in [1.82, 2.24) is 10.2 Å². The van der Waals surface area contributed by atoms with Gasteiger partial charge in [0.15, 0.2) is 0 Å². The molecule has 0 aromatic carbocycles. The van der Waals surface area contributed by atoms with Gasteiger partial charge in [-0.25, -0.2) is 0 Å². The molecule has 1 aliphatic rings. The normalized spacial score (nSPS) is 22.9. The van der Waals surface area contributed by atoms with E-state index in [4.69, 9.17) is 0 Å². The van der Waals surface area contributed by atoms with Gasteiger partial charge in [0.1, 0.15) is 0 Å². The number of rotatable bonds is 1. The second-order valence-corrected chi connectivity index (χ2v) is 6.21. The Kier molecular flexibility index (Phi) is 5.27. The summed E-state index contributed by atoms with van der Waals surface area (Å²) in [6, 6.07) is 2.17. The van der Waals surface area contributed by atoms with E-state index in [1.807, 2.05) is 6.20 Å². The van der Waals surface area contributed by atoms with Gasteiger partial charge in [-0.1, -0.05) is 64.7 Å². The Balaban J connectivity index is 1.96. The quantitative estimate of drug-likeness (QED) is 0.746. The van der Waals surface area contributed by atoms with Crippen molar-refractivity contribution in [1.29, 1.82) is 0 Å². The Bertz CT molecular complexity index is 304. The first-order valence-corrected chi connectivity index (χ1v) is 7.81. The largest absolute Gasteiger partial charge is 0.282 e. The molecule has 0 saturated heterocycles. The molecule has 1 N–H and O–H groups in total. The summed E-state index contributed by atoms with van der Waals surface area (Å²) >= 11 is 0. The minimum atomic E-state index is 0.329. The molecule has 18 heavy (non-hydrogen) atoms. The van der Waals surface area contributed by atoms with E-state index in [0.717, 1.165) is 0 Å². The summed E-state index contributed by atoms with van der Waals surface area (Å²) in [5, 5.41) is 7.36. The zero-order chi connectivity index (χ0) is 12.7. The highest BCUT2D eigenvalue weighted by Gasteiger charge is 2.27. The summed E-state index contributed by atoms with van der Waals surface area (Å²) < 4.78 is 0. The second-order valence-electron chi connectivity index (χ2n) is 6.21. The number of H-pyrrole nitrogens is 1. The van der Waals surface area contributed by atoms with Crippen LogP contribution >= 0.6 is 0 Å². The van der Waals surface area contributed by atoms with Gasteiger partial charge in [-0.05, 0) is 18.9 Å². The van der Waals surface area contributed by atoms with E-state index in [9.17, 15) is 0 Å². The van der Waals surface area contributed by atoms with Crippen molar-refractivity contribution in [2.45, 2.75) is 83.0 Å². The molecule has 102 valence electrons. The topological polar surface area (TPSA) is 28.7 Å². The van der Waals surface area contributed by atoms with Crippen LogP contribution in [0.5, 0.6) is 0 Å². The van der Waals surface area contributed by atoms with Crippen LogP contribution in [0, 0.1) is 0 Å². The Morgan fingerprint density at radius 1 is 0.889 bits per heavy atom. The molecular weight excluding hydrogens is 220 g/mol. The maximum atomic E-state index is 4.15. The molecule has 1 heterocycles. The van der Waals surface area contributed by atoms with Gasteiger partial charge in [-0.2, -0.15) is 5.10 Å². The number of hydrogen-bond donors (Lipinski definition) is 1. The van der Waals surface area contributed by atoms with E-state index < -0.39 is 0 Å². The van der Waals surface area contributed by atoms with E-state index in [1.165, 1.54) is 76.3 Å². The maximum absolute atomic E-state index is 4.15. The van der Waals surface area contributed by atoms with E-state index in [1.54, 1.807) is 0 Å². The van der Waals surface area contributed by atoms with Crippen molar-refractivity contribution in [2.75, 3.05) is 0 Å². The molecule has 2 nitrogen and oxygen atoms in total. The molecule has 0 radical (unpaired) electrons. The first-order valence-electron chi connectivity index (χ1n) is 7.81. The number of hydrogen-bond acceptors (Lipinski definition) is 1. The lowest BCUT2D eigenvalue weighted by molar-refractivity contribution is 0.348. The van der Waals surface area contributed by atoms with E-state index in [-0.39, 0.29) is 0 Å². The van der Waals surface area contributed by atoms with Crippen molar-refractivity contribution >= 4 is 0 Å². The lowest BCUT2D eigenvalue weighted by Crippen LogP contribution is -2.22. The van der Waals surface area contributed by atoms with Gasteiger partial charge < -0.3 is 0 Å². The molecule has 0 spiro atoms. The van der Waals surface area contributed by atoms with Crippen molar-refractivity contribution < 1.29 is 0 Å². The van der Waals surface area contributed by atoms with Crippen LogP contribution in [-0.4, -0.2) is 10.2 Å². The van der Waals surface area contributed by atoms with Crippen LogP contribution in [-0.2, 0) is 5.41 Å². The van der Waals surface area contributed by atoms with E-state index in [0.29, 0.717) is 5.41 Å². The van der Waals surface area contributed by atoms with Crippen molar-refractivity contribution in [2.24, 2.45) is 0 Å². The van der Waals surface area contributed by atoms with Gasteiger partial charge in [0.05, 0.1) is 0 Å². The number of aromatic nitrogens is 2. The molecule has 0 amide bonds. The van der Waals surface area contributed by atoms with Crippen LogP contribution in [0.25, 0.3) is 0 Å². The van der Waals surface area contributed by atoms with Gasteiger partial charge in [0.2, 0.25) is 0 Å². The monoisotopic (exact) mass is 248 g/mol. The molecule has 0 aliphatic heterocycles. The zero-order valence-electron chi connectivity index (χ0n) is 11.9. The molecule has 0 bridgehead atoms. The fourth-order valence-corrected chi connectivity index (χ4v) is 3.25. The van der Waals surface area contributed by atoms with Crippen molar-refractivity contribution in [3.63, 3.8) is 0 Å². The average molecular weight is 248 g/mol. The highest BCUT2D eigenvalue weighted by atomic mass is 15.1. The smallest absolute Gasteiger partial charge is 0.0490 e. The summed E-state index contributed by atoms with van der Waals surface area (Å²) in [6.07, 6.45) is 17.3. The van der Waals surface area contributed by atoms with Crippen LogP contribution in [0.3, 0.4) is 0 Å². The Hall–Kier alpha value is -0.790. The molecule has 1 saturated carbocycles. The van der Waals surface area contributed by atoms with Crippen LogP contribution in [0.1, 0.15) is 83.2 Å². The lowest BCUT2D eigenvalue weighted by Gasteiger charge is -2.29. The van der Waals surface area contributed by atoms with Crippen LogP contribution in [0.2, 0.25) is 0 Å². The molecule has 1 fully saturated rings. The third-order valence-electron chi connectivity index (χ3n) is 4.61. The predicted molar refractivity (Wildman–Crippen MR) is 76.7 cm³/mol. The van der Waals surface area contributed by atoms with Gasteiger partial charge in [-0.3, -0.25) is 5.10 Å². The average Bonchev–Trinajstić information content (AvgIpc) is 2.88. The third-order valence-corrected chi connectivity index (χ3v) is 4.61. The fourth-order valence-electron chi connectivity index (χ4n) is 3.25.